The number of ether oxygens (including phenoxy) is 1. The van der Waals surface area contributed by atoms with Crippen molar-refractivity contribution in [1.29, 1.82) is 0 Å². The molecule has 0 bridgehead atoms. The first kappa shape index (κ1) is 46.4. The third kappa shape index (κ3) is 13.6. The van der Waals surface area contributed by atoms with Crippen LogP contribution < -0.4 is 10.6 Å². The molecular weight excluding hydrogens is 781 g/mol. The molecule has 320 valence electrons. The van der Waals surface area contributed by atoms with Crippen LogP contribution in [-0.4, -0.2) is 103 Å². The fraction of sp³-hybridized carbons (Fsp3) is 0.386. The van der Waals surface area contributed by atoms with Gasteiger partial charge in [-0.05, 0) is 42.4 Å². The molecule has 4 amide bonds. The van der Waals surface area contributed by atoms with Gasteiger partial charge in [-0.3, -0.25) is 18.8 Å². The smallest absolute Gasteiger partial charge is 0.407 e. The van der Waals surface area contributed by atoms with Gasteiger partial charge in [-0.25, -0.2) is 19.7 Å². The van der Waals surface area contributed by atoms with Gasteiger partial charge < -0.3 is 35.1 Å². The molecule has 16 heteroatoms. The lowest BCUT2D eigenvalue weighted by Gasteiger charge is -2.23. The molecule has 4 N–H and O–H groups in total. The number of amides is 4. The predicted molar refractivity (Wildman–Crippen MR) is 236 cm³/mol. The van der Waals surface area contributed by atoms with Gasteiger partial charge in [0.15, 0.2) is 10.8 Å². The van der Waals surface area contributed by atoms with Crippen molar-refractivity contribution >= 4 is 40.1 Å². The number of hydrogen-bond donors (Lipinski definition) is 4. The van der Waals surface area contributed by atoms with Crippen molar-refractivity contribution in [2.75, 3.05) is 39.8 Å². The standard InChI is InChI=1S/C17H12N6S.C14H18N2O3.C8H14N2O2.C3H8.C2H6/c1-3-12(4-2-11(1)13-7-18-10-21-13)15-9-23-8-14(22-17(23)24-15)16-19-5-6-20-16;1-19-14(18)15-12(11-7-3-2-4-8-11)13(17)16-9-5-6-10-16;1-7(11)9-6-8(12)10-4-2-3-5-10;1-3-2;1-2/h1-10H,(H,18,21)(H,19,20);2-4,7-8,12H,5-6,9-10H2,1H3,(H,15,18);2-6H2,1H3,(H,9,11);3H2,1-2H3;1-2H3. The first-order chi connectivity index (χ1) is 29.2. The van der Waals surface area contributed by atoms with E-state index in [1.165, 1.54) is 30.9 Å². The Morgan fingerprint density at radius 3 is 2.05 bits per heavy atom. The van der Waals surface area contributed by atoms with E-state index in [2.05, 4.69) is 84.6 Å². The molecule has 4 aromatic heterocycles. The molecule has 0 aliphatic carbocycles. The fourth-order valence-corrected chi connectivity index (χ4v) is 7.16. The summed E-state index contributed by atoms with van der Waals surface area (Å²) in [5.41, 5.74) is 4.94. The number of hydrogen-bond acceptors (Lipinski definition) is 9. The zero-order valence-corrected chi connectivity index (χ0v) is 36.3. The zero-order valence-electron chi connectivity index (χ0n) is 35.4. The highest BCUT2D eigenvalue weighted by Crippen LogP contribution is 2.31. The van der Waals surface area contributed by atoms with E-state index in [-0.39, 0.29) is 24.3 Å². The molecule has 1 unspecified atom stereocenters. The largest absolute Gasteiger partial charge is 0.453 e. The number of alkyl carbamates (subject to hydrolysis) is 1. The van der Waals surface area contributed by atoms with Gasteiger partial charge in [0.2, 0.25) is 17.7 Å². The molecule has 0 saturated carbocycles. The van der Waals surface area contributed by atoms with E-state index in [1.807, 2.05) is 61.0 Å². The normalized spacial score (nSPS) is 13.2. The number of methoxy groups -OCH3 is 1. The fourth-order valence-electron chi connectivity index (χ4n) is 6.18. The third-order valence-electron chi connectivity index (χ3n) is 9.07. The highest BCUT2D eigenvalue weighted by atomic mass is 32.1. The Bertz CT molecular complexity index is 2120. The number of likely N-dealkylation sites (tertiary alicyclic amines) is 2. The third-order valence-corrected chi connectivity index (χ3v) is 10.1. The molecule has 15 nitrogen and oxygen atoms in total. The van der Waals surface area contributed by atoms with Crippen LogP contribution in [0.4, 0.5) is 4.79 Å². The number of aromatic amines is 2. The minimum atomic E-state index is -0.674. The number of nitrogens with one attached hydrogen (secondary N) is 4. The Morgan fingerprint density at radius 2 is 1.50 bits per heavy atom. The molecule has 60 heavy (non-hydrogen) atoms. The molecule has 0 spiro atoms. The van der Waals surface area contributed by atoms with Gasteiger partial charge in [0, 0.05) is 57.9 Å². The number of nitrogens with zero attached hydrogens (tertiary/aromatic N) is 6. The first-order valence-corrected chi connectivity index (χ1v) is 21.3. The quantitative estimate of drug-likeness (QED) is 0.120. The number of aromatic nitrogens is 6. The van der Waals surface area contributed by atoms with Crippen LogP contribution in [0.5, 0.6) is 0 Å². The summed E-state index contributed by atoms with van der Waals surface area (Å²) >= 11 is 1.66. The summed E-state index contributed by atoms with van der Waals surface area (Å²) in [6.45, 7) is 13.0. The molecule has 2 saturated heterocycles. The summed E-state index contributed by atoms with van der Waals surface area (Å²) in [5.74, 6) is 0.593. The lowest BCUT2D eigenvalue weighted by molar-refractivity contribution is -0.132. The molecule has 0 radical (unpaired) electrons. The Morgan fingerprint density at radius 1 is 0.867 bits per heavy atom. The Hall–Kier alpha value is -6.29. The van der Waals surface area contributed by atoms with Crippen molar-refractivity contribution in [2.45, 2.75) is 72.8 Å². The molecule has 1 atom stereocenters. The van der Waals surface area contributed by atoms with Crippen LogP contribution in [0.1, 0.15) is 78.3 Å². The zero-order chi connectivity index (χ0) is 43.3. The number of rotatable bonds is 8. The number of thiazole rings is 1. The monoisotopic (exact) mass is 838 g/mol. The summed E-state index contributed by atoms with van der Waals surface area (Å²) in [4.78, 5) is 70.4. The second-order valence-corrected chi connectivity index (χ2v) is 14.6. The van der Waals surface area contributed by atoms with Crippen LogP contribution in [-0.2, 0) is 19.1 Å². The van der Waals surface area contributed by atoms with Gasteiger partial charge in [0.1, 0.15) is 11.7 Å². The van der Waals surface area contributed by atoms with Gasteiger partial charge in [-0.15, -0.1) is 0 Å². The summed E-state index contributed by atoms with van der Waals surface area (Å²) in [7, 11) is 1.29. The number of carbonyl (C=O) groups is 4. The number of fused-ring (bicyclic) bond motifs is 1. The maximum Gasteiger partial charge on any atom is 0.407 e. The number of H-pyrrole nitrogens is 2. The van der Waals surface area contributed by atoms with Gasteiger partial charge in [0.05, 0.1) is 36.7 Å². The van der Waals surface area contributed by atoms with Crippen molar-refractivity contribution < 1.29 is 23.9 Å². The van der Waals surface area contributed by atoms with Crippen LogP contribution in [0, 0.1) is 0 Å². The van der Waals surface area contributed by atoms with Crippen LogP contribution in [0.25, 0.3) is 38.2 Å². The van der Waals surface area contributed by atoms with Crippen molar-refractivity contribution in [3.8, 4) is 33.2 Å². The van der Waals surface area contributed by atoms with Crippen LogP contribution >= 0.6 is 11.3 Å². The molecule has 2 aliphatic heterocycles. The van der Waals surface area contributed by atoms with Gasteiger partial charge in [-0.1, -0.05) is 100 Å². The van der Waals surface area contributed by atoms with E-state index < -0.39 is 12.1 Å². The molecule has 8 rings (SSSR count). The average molecular weight is 839 g/mol. The average Bonchev–Trinajstić information content (AvgIpc) is 4.13. The second kappa shape index (κ2) is 24.6. The lowest BCUT2D eigenvalue weighted by atomic mass is 10.1. The molecular formula is C44H58N10O5S. The predicted octanol–water partition coefficient (Wildman–Crippen LogP) is 7.74. The molecule has 2 fully saturated rings. The van der Waals surface area contributed by atoms with Crippen LogP contribution in [0.15, 0.2) is 91.9 Å². The van der Waals surface area contributed by atoms with E-state index in [9.17, 15) is 19.2 Å². The Kier molecular flexibility index (Phi) is 19.0. The van der Waals surface area contributed by atoms with Crippen molar-refractivity contribution in [1.82, 2.24) is 49.8 Å². The maximum absolute atomic E-state index is 12.5. The van der Waals surface area contributed by atoms with Gasteiger partial charge in [0.25, 0.3) is 0 Å². The maximum atomic E-state index is 12.5. The van der Waals surface area contributed by atoms with E-state index >= 15 is 0 Å². The van der Waals surface area contributed by atoms with E-state index in [0.717, 1.165) is 85.2 Å². The van der Waals surface area contributed by atoms with Crippen molar-refractivity contribution in [3.63, 3.8) is 0 Å². The number of imidazole rings is 3. The summed E-state index contributed by atoms with van der Waals surface area (Å²) < 4.78 is 6.64. The number of benzene rings is 2. The molecule has 6 heterocycles. The van der Waals surface area contributed by atoms with Crippen LogP contribution in [0.3, 0.4) is 0 Å². The Labute approximate surface area is 356 Å². The van der Waals surface area contributed by atoms with E-state index in [0.29, 0.717) is 0 Å². The van der Waals surface area contributed by atoms with Crippen molar-refractivity contribution in [3.05, 3.63) is 97.5 Å². The van der Waals surface area contributed by atoms with Crippen LogP contribution in [0.2, 0.25) is 0 Å². The second-order valence-electron chi connectivity index (χ2n) is 13.6. The molecule has 2 aliphatic rings. The summed E-state index contributed by atoms with van der Waals surface area (Å²) in [6.07, 6.45) is 16.0. The lowest BCUT2D eigenvalue weighted by Crippen LogP contribution is -2.41. The van der Waals surface area contributed by atoms with Gasteiger partial charge >= 0.3 is 6.09 Å². The number of carbonyl (C=O) groups excluding carboxylic acids is 4. The van der Waals surface area contributed by atoms with E-state index in [1.54, 1.807) is 39.9 Å². The Balaban J connectivity index is 0.000000198. The minimum Gasteiger partial charge on any atom is -0.453 e. The summed E-state index contributed by atoms with van der Waals surface area (Å²) in [5, 5.41) is 5.10. The molecule has 2 aromatic carbocycles. The van der Waals surface area contributed by atoms with Gasteiger partial charge in [-0.2, -0.15) is 0 Å². The molecule has 6 aromatic rings. The summed E-state index contributed by atoms with van der Waals surface area (Å²) in [6, 6.07) is 17.0. The topological polar surface area (TPSA) is 183 Å². The minimum absolute atomic E-state index is 0.0303. The highest BCUT2D eigenvalue weighted by molar-refractivity contribution is 7.20. The van der Waals surface area contributed by atoms with Crippen molar-refractivity contribution in [2.24, 2.45) is 0 Å². The SMILES string of the molecule is CC.CC(=O)NCC(=O)N1CCCC1.CCC.COC(=O)NC(C(=O)N1CCCC1)c1ccccc1.c1c[nH]c(-c2cn3cc(-c4ccc(-c5cnc[nH]5)cc4)sc3n2)n1. The first-order valence-electron chi connectivity index (χ1n) is 20.5. The van der Waals surface area contributed by atoms with E-state index in [4.69, 9.17) is 0 Å². The highest BCUT2D eigenvalue weighted by Gasteiger charge is 2.29.